The van der Waals surface area contributed by atoms with Crippen LogP contribution in [0.5, 0.6) is 0 Å². The van der Waals surface area contributed by atoms with E-state index >= 15 is 0 Å². The van der Waals surface area contributed by atoms with Gasteiger partial charge in [0.25, 0.3) is 0 Å². The molecular formula is C25H31N3O2. The normalized spacial score (nSPS) is 23.1. The summed E-state index contributed by atoms with van der Waals surface area (Å²) < 4.78 is 5.39. The number of anilines is 1. The van der Waals surface area contributed by atoms with Gasteiger partial charge in [0.15, 0.2) is 0 Å². The number of aromatic nitrogens is 1. The molecule has 30 heavy (non-hydrogen) atoms. The number of β-amino-alcohol motifs (C(OH)–C–C–N with tert-alkyl or cyclic N) is 1. The first-order chi connectivity index (χ1) is 14.6. The monoisotopic (exact) mass is 405 g/mol. The van der Waals surface area contributed by atoms with Gasteiger partial charge in [0.1, 0.15) is 11.9 Å². The minimum Gasteiger partial charge on any atom is -0.388 e. The van der Waals surface area contributed by atoms with E-state index in [2.05, 4.69) is 28.9 Å². The molecular weight excluding hydrogens is 374 g/mol. The molecule has 0 unspecified atom stereocenters. The van der Waals surface area contributed by atoms with Crippen LogP contribution < -0.4 is 10.6 Å². The SMILES string of the molecule is CO[C@@H]1CN(c2ccc(C#CC3(N)CCCCC3)c(Cc3ccccc3)n2)C[C@H]1O. The van der Waals surface area contributed by atoms with Crippen molar-refractivity contribution in [3.8, 4) is 11.8 Å². The fraction of sp³-hybridized carbons (Fsp3) is 0.480. The Bertz CT molecular complexity index is 913. The Morgan fingerprint density at radius 1 is 1.13 bits per heavy atom. The van der Waals surface area contributed by atoms with Crippen LogP contribution in [0.25, 0.3) is 0 Å². The van der Waals surface area contributed by atoms with Crippen molar-refractivity contribution < 1.29 is 9.84 Å². The van der Waals surface area contributed by atoms with Crippen LogP contribution in [-0.4, -0.2) is 48.0 Å². The number of benzene rings is 1. The van der Waals surface area contributed by atoms with Crippen molar-refractivity contribution in [2.45, 2.75) is 56.3 Å². The second-order valence-corrected chi connectivity index (χ2v) is 8.54. The van der Waals surface area contributed by atoms with E-state index in [1.54, 1.807) is 7.11 Å². The lowest BCUT2D eigenvalue weighted by atomic mass is 9.83. The first-order valence-corrected chi connectivity index (χ1v) is 10.9. The van der Waals surface area contributed by atoms with Crippen LogP contribution in [0.15, 0.2) is 42.5 Å². The van der Waals surface area contributed by atoms with Crippen LogP contribution in [0.1, 0.15) is 48.9 Å². The van der Waals surface area contributed by atoms with Gasteiger partial charge in [0.2, 0.25) is 0 Å². The molecule has 2 aliphatic rings. The van der Waals surface area contributed by atoms with E-state index in [4.69, 9.17) is 15.5 Å². The van der Waals surface area contributed by atoms with Crippen molar-refractivity contribution in [3.05, 3.63) is 59.3 Å². The van der Waals surface area contributed by atoms with Gasteiger partial charge in [-0.2, -0.15) is 0 Å². The topological polar surface area (TPSA) is 71.6 Å². The largest absolute Gasteiger partial charge is 0.388 e. The standard InChI is InChI=1S/C25H31N3O2/c1-30-23-18-28(17-22(23)29)24-11-10-20(12-15-25(26)13-6-3-7-14-25)21(27-24)16-19-8-4-2-5-9-19/h2,4-5,8-11,22-23,29H,3,6-7,13-14,16-18,26H2,1H3/t22-,23-/m1/s1. The minimum atomic E-state index is -0.503. The molecule has 2 aromatic rings. The number of hydrogen-bond donors (Lipinski definition) is 2. The van der Waals surface area contributed by atoms with E-state index < -0.39 is 6.10 Å². The molecule has 1 aliphatic heterocycles. The van der Waals surface area contributed by atoms with Crippen molar-refractivity contribution in [2.75, 3.05) is 25.1 Å². The second kappa shape index (κ2) is 9.18. The average molecular weight is 406 g/mol. The fourth-order valence-corrected chi connectivity index (χ4v) is 4.38. The highest BCUT2D eigenvalue weighted by atomic mass is 16.5. The zero-order valence-corrected chi connectivity index (χ0v) is 17.7. The smallest absolute Gasteiger partial charge is 0.129 e. The Morgan fingerprint density at radius 3 is 2.60 bits per heavy atom. The third-order valence-electron chi connectivity index (χ3n) is 6.23. The lowest BCUT2D eigenvalue weighted by molar-refractivity contribution is 0.0217. The van der Waals surface area contributed by atoms with Crippen molar-refractivity contribution >= 4 is 5.82 Å². The summed E-state index contributed by atoms with van der Waals surface area (Å²) >= 11 is 0. The first-order valence-electron chi connectivity index (χ1n) is 10.9. The Kier molecular flexibility index (Phi) is 6.38. The summed E-state index contributed by atoms with van der Waals surface area (Å²) in [6.07, 6.45) is 5.49. The number of aliphatic hydroxyl groups is 1. The molecule has 5 heteroatoms. The summed E-state index contributed by atoms with van der Waals surface area (Å²) in [5.74, 6) is 7.58. The molecule has 0 amide bonds. The van der Waals surface area contributed by atoms with Gasteiger partial charge in [-0.15, -0.1) is 0 Å². The van der Waals surface area contributed by atoms with Gasteiger partial charge < -0.3 is 20.5 Å². The summed E-state index contributed by atoms with van der Waals surface area (Å²) in [7, 11) is 1.64. The molecule has 0 spiro atoms. The second-order valence-electron chi connectivity index (χ2n) is 8.54. The lowest BCUT2D eigenvalue weighted by Crippen LogP contribution is -2.40. The average Bonchev–Trinajstić information content (AvgIpc) is 3.15. The molecule has 1 aromatic heterocycles. The van der Waals surface area contributed by atoms with E-state index in [9.17, 15) is 5.11 Å². The quantitative estimate of drug-likeness (QED) is 0.766. The number of hydrogen-bond acceptors (Lipinski definition) is 5. The summed E-state index contributed by atoms with van der Waals surface area (Å²) in [6, 6.07) is 14.4. The van der Waals surface area contributed by atoms with E-state index in [0.29, 0.717) is 19.5 Å². The third kappa shape index (κ3) is 4.84. The molecule has 158 valence electrons. The summed E-state index contributed by atoms with van der Waals surface area (Å²) in [4.78, 5) is 7.04. The third-order valence-corrected chi connectivity index (χ3v) is 6.23. The lowest BCUT2D eigenvalue weighted by Gasteiger charge is -2.27. The molecule has 0 radical (unpaired) electrons. The number of pyridine rings is 1. The zero-order chi connectivity index (χ0) is 21.0. The van der Waals surface area contributed by atoms with Gasteiger partial charge in [-0.1, -0.05) is 61.4 Å². The number of nitrogens with zero attached hydrogens (tertiary/aromatic N) is 2. The van der Waals surface area contributed by atoms with Crippen LogP contribution >= 0.6 is 0 Å². The molecule has 5 nitrogen and oxygen atoms in total. The molecule has 3 N–H and O–H groups in total. The predicted octanol–water partition coefficient (Wildman–Crippen LogP) is 2.88. The molecule has 0 bridgehead atoms. The van der Waals surface area contributed by atoms with Gasteiger partial charge >= 0.3 is 0 Å². The maximum atomic E-state index is 10.2. The maximum Gasteiger partial charge on any atom is 0.129 e. The Hall–Kier alpha value is -2.39. The highest BCUT2D eigenvalue weighted by molar-refractivity contribution is 5.50. The van der Waals surface area contributed by atoms with Gasteiger partial charge in [-0.3, -0.25) is 0 Å². The van der Waals surface area contributed by atoms with Gasteiger partial charge in [-0.05, 0) is 30.5 Å². The molecule has 1 saturated heterocycles. The Morgan fingerprint density at radius 2 is 1.90 bits per heavy atom. The Labute approximate surface area is 179 Å². The van der Waals surface area contributed by atoms with E-state index in [1.165, 1.54) is 12.0 Å². The highest BCUT2D eigenvalue weighted by Crippen LogP contribution is 2.26. The van der Waals surface area contributed by atoms with Gasteiger partial charge in [0, 0.05) is 32.2 Å². The first kappa shape index (κ1) is 20.9. The van der Waals surface area contributed by atoms with E-state index in [1.807, 2.05) is 30.3 Å². The van der Waals surface area contributed by atoms with Crippen LogP contribution in [-0.2, 0) is 11.2 Å². The van der Waals surface area contributed by atoms with Crippen molar-refractivity contribution in [1.29, 1.82) is 0 Å². The molecule has 2 heterocycles. The molecule has 1 aromatic carbocycles. The number of aliphatic hydroxyl groups excluding tert-OH is 1. The number of ether oxygens (including phenoxy) is 1. The number of methoxy groups -OCH3 is 1. The van der Waals surface area contributed by atoms with Crippen LogP contribution in [0.3, 0.4) is 0 Å². The summed E-state index contributed by atoms with van der Waals surface area (Å²) in [5, 5.41) is 10.2. The zero-order valence-electron chi connectivity index (χ0n) is 17.7. The van der Waals surface area contributed by atoms with Crippen LogP contribution in [0.2, 0.25) is 0 Å². The molecule has 1 saturated carbocycles. The minimum absolute atomic E-state index is 0.188. The number of nitrogens with two attached hydrogens (primary N) is 1. The highest BCUT2D eigenvalue weighted by Gasteiger charge is 2.32. The van der Waals surface area contributed by atoms with Gasteiger partial charge in [-0.25, -0.2) is 4.98 Å². The Balaban J connectivity index is 1.64. The molecule has 4 rings (SSSR count). The van der Waals surface area contributed by atoms with Gasteiger partial charge in [0.05, 0.1) is 17.3 Å². The van der Waals surface area contributed by atoms with E-state index in [-0.39, 0.29) is 11.6 Å². The van der Waals surface area contributed by atoms with Crippen molar-refractivity contribution in [2.24, 2.45) is 5.73 Å². The summed E-state index contributed by atoms with van der Waals surface area (Å²) in [6.45, 7) is 1.15. The van der Waals surface area contributed by atoms with Crippen molar-refractivity contribution in [3.63, 3.8) is 0 Å². The summed E-state index contributed by atoms with van der Waals surface area (Å²) in [5.41, 5.74) is 9.23. The van der Waals surface area contributed by atoms with Crippen LogP contribution in [0.4, 0.5) is 5.82 Å². The van der Waals surface area contributed by atoms with Crippen LogP contribution in [0, 0.1) is 11.8 Å². The van der Waals surface area contributed by atoms with E-state index in [0.717, 1.165) is 42.8 Å². The molecule has 2 atom stereocenters. The maximum absolute atomic E-state index is 10.2. The fourth-order valence-electron chi connectivity index (χ4n) is 4.38. The molecule has 1 aliphatic carbocycles. The number of rotatable bonds is 4. The predicted molar refractivity (Wildman–Crippen MR) is 119 cm³/mol. The van der Waals surface area contributed by atoms with Crippen molar-refractivity contribution in [1.82, 2.24) is 4.98 Å². The molecule has 2 fully saturated rings.